The number of ketones is 1. The molecule has 5 nitrogen and oxygen atoms in total. The molecule has 0 N–H and O–H groups in total. The zero-order chi connectivity index (χ0) is 24.0. The summed E-state index contributed by atoms with van der Waals surface area (Å²) in [6.07, 6.45) is 10.9. The molecule has 6 rings (SSSR count). The zero-order valence-corrected chi connectivity index (χ0v) is 21.6. The number of Topliss-reactive ketones (excluding diaryl/α,β-unsaturated/α-hetero) is 1. The third-order valence-electron chi connectivity index (χ3n) is 11.4. The van der Waals surface area contributed by atoms with E-state index < -0.39 is 5.79 Å². The first kappa shape index (κ1) is 23.2. The summed E-state index contributed by atoms with van der Waals surface area (Å²) in [5, 5.41) is 0. The lowest BCUT2D eigenvalue weighted by atomic mass is 9.47. The van der Waals surface area contributed by atoms with Crippen molar-refractivity contribution in [2.75, 3.05) is 6.61 Å². The van der Waals surface area contributed by atoms with Gasteiger partial charge in [0.1, 0.15) is 6.10 Å². The van der Waals surface area contributed by atoms with Crippen LogP contribution in [-0.2, 0) is 23.8 Å². The summed E-state index contributed by atoms with van der Waals surface area (Å²) in [4.78, 5) is 24.7. The Bertz CT molecular complexity index is 925. The van der Waals surface area contributed by atoms with Crippen molar-refractivity contribution in [3.63, 3.8) is 0 Å². The van der Waals surface area contributed by atoms with Gasteiger partial charge in [0.2, 0.25) is 5.79 Å². The molecule has 6 aliphatic rings. The lowest BCUT2D eigenvalue weighted by Gasteiger charge is -2.58. The van der Waals surface area contributed by atoms with Crippen molar-refractivity contribution < 1.29 is 23.8 Å². The maximum Gasteiger partial charge on any atom is 0.302 e. The molecule has 5 heteroatoms. The van der Waals surface area contributed by atoms with Gasteiger partial charge in [-0.1, -0.05) is 39.3 Å². The first-order valence-electron chi connectivity index (χ1n) is 13.8. The Kier molecular flexibility index (Phi) is 5.22. The van der Waals surface area contributed by atoms with Gasteiger partial charge in [-0.15, -0.1) is 0 Å². The Labute approximate surface area is 204 Å². The lowest BCUT2D eigenvalue weighted by molar-refractivity contribution is -0.251. The lowest BCUT2D eigenvalue weighted by Crippen LogP contribution is -2.55. The molecule has 2 saturated heterocycles. The Morgan fingerprint density at radius 2 is 1.91 bits per heavy atom. The Balaban J connectivity index is 1.25. The Hall–Kier alpha value is -1.20. The van der Waals surface area contributed by atoms with E-state index in [1.54, 1.807) is 0 Å². The maximum absolute atomic E-state index is 13.2. The van der Waals surface area contributed by atoms with E-state index in [1.165, 1.54) is 25.3 Å². The third kappa shape index (κ3) is 3.04. The van der Waals surface area contributed by atoms with Crippen LogP contribution < -0.4 is 0 Å². The molecule has 34 heavy (non-hydrogen) atoms. The molecule has 1 spiro atoms. The van der Waals surface area contributed by atoms with Crippen LogP contribution in [0.1, 0.15) is 86.0 Å². The standard InChI is InChI=1S/C29H42O5/c1-16-12-25(31)29(32-15-16)17(2)26-24(34-29)14-23-21-7-6-19-13-20(33-18(3)30)8-10-27(19,4)22(21)9-11-28(23,26)5/h6,16-17,20-24,26H,7-15H2,1-5H3/t16-,17+,20+,21-,22+,23+,24+,26+,27+,28+,29-/m1/s1. The number of hydrogen-bond acceptors (Lipinski definition) is 5. The molecule has 0 aromatic rings. The van der Waals surface area contributed by atoms with Gasteiger partial charge in [-0.2, -0.15) is 0 Å². The van der Waals surface area contributed by atoms with Gasteiger partial charge >= 0.3 is 5.97 Å². The van der Waals surface area contributed by atoms with E-state index in [0.29, 0.717) is 36.7 Å². The summed E-state index contributed by atoms with van der Waals surface area (Å²) in [7, 11) is 0. The van der Waals surface area contributed by atoms with E-state index in [0.717, 1.165) is 32.1 Å². The van der Waals surface area contributed by atoms with E-state index in [2.05, 4.69) is 33.8 Å². The number of ether oxygens (including phenoxy) is 3. The summed E-state index contributed by atoms with van der Waals surface area (Å²) in [5.41, 5.74) is 1.97. The topological polar surface area (TPSA) is 61.8 Å². The minimum Gasteiger partial charge on any atom is -0.462 e. The number of allylic oxidation sites excluding steroid dienone is 1. The van der Waals surface area contributed by atoms with Crippen molar-refractivity contribution in [3.8, 4) is 0 Å². The van der Waals surface area contributed by atoms with Crippen LogP contribution in [0.15, 0.2) is 11.6 Å². The van der Waals surface area contributed by atoms with E-state index >= 15 is 0 Å². The van der Waals surface area contributed by atoms with Gasteiger partial charge in [-0.3, -0.25) is 9.59 Å². The smallest absolute Gasteiger partial charge is 0.302 e. The minimum absolute atomic E-state index is 0.0502. The number of fused-ring (bicyclic) bond motifs is 7. The van der Waals surface area contributed by atoms with Crippen molar-refractivity contribution in [3.05, 3.63) is 11.6 Å². The van der Waals surface area contributed by atoms with Crippen molar-refractivity contribution >= 4 is 11.8 Å². The SMILES string of the molecule is CC(=O)O[C@H]1CC[C@@]2(C)C(=CC[C@H]3[C@@H]4C[C@@H]5O[C@]6(OC[C@H](C)CC6=O)[C@@H](C)[C@@H]5[C@@]4(C)CC[C@@H]32)C1. The van der Waals surface area contributed by atoms with Crippen LogP contribution in [0, 0.1) is 46.3 Å². The highest BCUT2D eigenvalue weighted by molar-refractivity contribution is 5.87. The monoisotopic (exact) mass is 470 g/mol. The summed E-state index contributed by atoms with van der Waals surface area (Å²) < 4.78 is 18.5. The summed E-state index contributed by atoms with van der Waals surface area (Å²) in [5.74, 6) is 1.83. The molecule has 0 radical (unpaired) electrons. The van der Waals surface area contributed by atoms with Crippen molar-refractivity contribution in [2.24, 2.45) is 46.3 Å². The second-order valence-electron chi connectivity index (χ2n) is 13.2. The number of carbonyl (C=O) groups excluding carboxylic acids is 2. The number of rotatable bonds is 1. The van der Waals surface area contributed by atoms with Gasteiger partial charge in [-0.05, 0) is 78.9 Å². The van der Waals surface area contributed by atoms with Gasteiger partial charge in [0, 0.05) is 25.7 Å². The number of esters is 1. The minimum atomic E-state index is -0.993. The first-order chi connectivity index (χ1) is 16.1. The van der Waals surface area contributed by atoms with Crippen molar-refractivity contribution in [2.45, 2.75) is 104 Å². The summed E-state index contributed by atoms with van der Waals surface area (Å²) in [6, 6.07) is 0. The number of carbonyl (C=O) groups is 2. The molecule has 11 atom stereocenters. The molecule has 5 fully saturated rings. The average Bonchev–Trinajstić information content (AvgIpc) is 3.22. The van der Waals surface area contributed by atoms with Crippen LogP contribution in [0.4, 0.5) is 0 Å². The molecular weight excluding hydrogens is 428 g/mol. The predicted molar refractivity (Wildman–Crippen MR) is 128 cm³/mol. The molecule has 4 aliphatic carbocycles. The van der Waals surface area contributed by atoms with Crippen LogP contribution in [0.25, 0.3) is 0 Å². The van der Waals surface area contributed by atoms with Gasteiger partial charge in [0.25, 0.3) is 0 Å². The van der Waals surface area contributed by atoms with Gasteiger partial charge in [0.05, 0.1) is 12.7 Å². The zero-order valence-electron chi connectivity index (χ0n) is 21.6. The van der Waals surface area contributed by atoms with E-state index in [1.807, 2.05) is 0 Å². The molecule has 0 bridgehead atoms. The molecule has 0 aromatic carbocycles. The van der Waals surface area contributed by atoms with Crippen LogP contribution in [0.2, 0.25) is 0 Å². The summed E-state index contributed by atoms with van der Waals surface area (Å²) in [6.45, 7) is 11.5. The van der Waals surface area contributed by atoms with Gasteiger partial charge in [0.15, 0.2) is 5.78 Å². The molecule has 3 saturated carbocycles. The molecule has 0 unspecified atom stereocenters. The highest BCUT2D eigenvalue weighted by Gasteiger charge is 2.70. The van der Waals surface area contributed by atoms with E-state index in [-0.39, 0.29) is 46.6 Å². The van der Waals surface area contributed by atoms with Crippen molar-refractivity contribution in [1.29, 1.82) is 0 Å². The molecule has 2 heterocycles. The van der Waals surface area contributed by atoms with Crippen molar-refractivity contribution in [1.82, 2.24) is 0 Å². The largest absolute Gasteiger partial charge is 0.462 e. The second-order valence-corrected chi connectivity index (χ2v) is 13.2. The second kappa shape index (κ2) is 7.65. The Morgan fingerprint density at radius 3 is 2.65 bits per heavy atom. The maximum atomic E-state index is 13.2. The molecule has 188 valence electrons. The van der Waals surface area contributed by atoms with E-state index in [9.17, 15) is 9.59 Å². The quantitative estimate of drug-likeness (QED) is 0.376. The first-order valence-corrected chi connectivity index (χ1v) is 13.8. The highest BCUT2D eigenvalue weighted by Crippen LogP contribution is 2.70. The van der Waals surface area contributed by atoms with Gasteiger partial charge in [-0.25, -0.2) is 0 Å². The molecule has 0 amide bonds. The molecule has 0 aromatic heterocycles. The average molecular weight is 471 g/mol. The fourth-order valence-corrected chi connectivity index (χ4v) is 9.92. The third-order valence-corrected chi connectivity index (χ3v) is 11.4. The van der Waals surface area contributed by atoms with Crippen LogP contribution in [0.5, 0.6) is 0 Å². The van der Waals surface area contributed by atoms with E-state index in [4.69, 9.17) is 14.2 Å². The molecular formula is C29H42O5. The van der Waals surface area contributed by atoms with Crippen LogP contribution in [0.3, 0.4) is 0 Å². The predicted octanol–water partition coefficient (Wildman–Crippen LogP) is 5.46. The van der Waals surface area contributed by atoms with Crippen LogP contribution in [-0.4, -0.2) is 36.4 Å². The fraction of sp³-hybridized carbons (Fsp3) is 0.862. The van der Waals surface area contributed by atoms with Gasteiger partial charge < -0.3 is 14.2 Å². The highest BCUT2D eigenvalue weighted by atomic mass is 16.7. The Morgan fingerprint density at radius 1 is 1.12 bits per heavy atom. The molecule has 2 aliphatic heterocycles. The summed E-state index contributed by atoms with van der Waals surface area (Å²) >= 11 is 0. The van der Waals surface area contributed by atoms with Crippen LogP contribution >= 0.6 is 0 Å². The number of hydrogen-bond donors (Lipinski definition) is 0. The normalized spacial score (nSPS) is 54.0. The fourth-order valence-electron chi connectivity index (χ4n) is 9.92.